The first-order valence-corrected chi connectivity index (χ1v) is 7.86. The number of nitrogens with one attached hydrogen (secondary N) is 1. The van der Waals surface area contributed by atoms with Crippen LogP contribution in [0.25, 0.3) is 0 Å². The van der Waals surface area contributed by atoms with E-state index in [1.165, 1.54) is 4.90 Å². The molecule has 2 aliphatic heterocycles. The molecule has 0 radical (unpaired) electrons. The lowest BCUT2D eigenvalue weighted by Gasteiger charge is -2.22. The van der Waals surface area contributed by atoms with E-state index in [0.717, 1.165) is 5.56 Å². The summed E-state index contributed by atoms with van der Waals surface area (Å²) in [6.07, 6.45) is 0. The van der Waals surface area contributed by atoms with E-state index in [4.69, 9.17) is 14.0 Å². The van der Waals surface area contributed by atoms with Crippen LogP contribution in [0.4, 0.5) is 4.79 Å². The smallest absolute Gasteiger partial charge is 0.325 e. The molecule has 0 unspecified atom stereocenters. The van der Waals surface area contributed by atoms with Gasteiger partial charge < -0.3 is 19.3 Å². The number of hydrogen-bond acceptors (Lipinski definition) is 6. The van der Waals surface area contributed by atoms with Gasteiger partial charge in [0.15, 0.2) is 11.5 Å². The van der Waals surface area contributed by atoms with E-state index in [1.807, 2.05) is 0 Å². The average molecular weight is 343 g/mol. The lowest BCUT2D eigenvalue weighted by molar-refractivity contribution is -0.131. The highest BCUT2D eigenvalue weighted by Crippen LogP contribution is 2.38. The van der Waals surface area contributed by atoms with Gasteiger partial charge in [0.1, 0.15) is 11.3 Å². The summed E-state index contributed by atoms with van der Waals surface area (Å²) in [5.41, 5.74) is 0.862. The first-order chi connectivity index (χ1) is 11.9. The minimum atomic E-state index is -1.17. The molecule has 0 aliphatic carbocycles. The monoisotopic (exact) mass is 343 g/mol. The first kappa shape index (κ1) is 15.5. The maximum atomic E-state index is 13.0. The standard InChI is InChI=1S/C17H17N3O5/c1-9-12(10(2)25-19-9)7-20-15(21)17(3,18-16(20)22)11-4-5-13-14(6-11)24-8-23-13/h4-6H,7-8H2,1-3H3,(H,18,22)/t17-/m0/s1. The maximum Gasteiger partial charge on any atom is 0.325 e. The molecule has 8 nitrogen and oxygen atoms in total. The zero-order valence-corrected chi connectivity index (χ0v) is 14.1. The molecule has 1 saturated heterocycles. The second-order valence-electron chi connectivity index (χ2n) is 6.32. The Hall–Kier alpha value is -3.03. The van der Waals surface area contributed by atoms with Crippen LogP contribution in [0.5, 0.6) is 11.5 Å². The fourth-order valence-electron chi connectivity index (χ4n) is 3.13. The van der Waals surface area contributed by atoms with Gasteiger partial charge in [-0.2, -0.15) is 0 Å². The SMILES string of the molecule is Cc1noc(C)c1CN1C(=O)N[C@@](C)(c2ccc3c(c2)OCO3)C1=O. The van der Waals surface area contributed by atoms with Crippen LogP contribution in [0.1, 0.15) is 29.5 Å². The van der Waals surface area contributed by atoms with Gasteiger partial charge in [-0.1, -0.05) is 11.2 Å². The minimum Gasteiger partial charge on any atom is -0.454 e. The molecule has 1 aromatic heterocycles. The molecule has 0 spiro atoms. The van der Waals surface area contributed by atoms with Crippen molar-refractivity contribution < 1.29 is 23.6 Å². The fourth-order valence-corrected chi connectivity index (χ4v) is 3.13. The Balaban J connectivity index is 1.66. The van der Waals surface area contributed by atoms with E-state index in [2.05, 4.69) is 10.5 Å². The van der Waals surface area contributed by atoms with Gasteiger partial charge in [-0.25, -0.2) is 4.79 Å². The quantitative estimate of drug-likeness (QED) is 0.857. The number of hydrogen-bond donors (Lipinski definition) is 1. The zero-order valence-electron chi connectivity index (χ0n) is 14.1. The number of aromatic nitrogens is 1. The number of nitrogens with zero attached hydrogens (tertiary/aromatic N) is 2. The van der Waals surface area contributed by atoms with Crippen molar-refractivity contribution in [2.45, 2.75) is 32.9 Å². The third-order valence-corrected chi connectivity index (χ3v) is 4.72. The van der Waals surface area contributed by atoms with E-state index in [0.29, 0.717) is 28.5 Å². The van der Waals surface area contributed by atoms with Gasteiger partial charge >= 0.3 is 6.03 Å². The number of amides is 3. The van der Waals surface area contributed by atoms with Crippen LogP contribution in [0.15, 0.2) is 22.7 Å². The molecular formula is C17H17N3O5. The van der Waals surface area contributed by atoms with Gasteiger partial charge in [0.25, 0.3) is 5.91 Å². The number of carbonyl (C=O) groups is 2. The summed E-state index contributed by atoms with van der Waals surface area (Å²) < 4.78 is 15.8. The highest BCUT2D eigenvalue weighted by atomic mass is 16.7. The van der Waals surface area contributed by atoms with Crippen molar-refractivity contribution in [3.05, 3.63) is 40.8 Å². The second-order valence-corrected chi connectivity index (χ2v) is 6.32. The molecular weight excluding hydrogens is 326 g/mol. The van der Waals surface area contributed by atoms with Gasteiger partial charge in [-0.15, -0.1) is 0 Å². The summed E-state index contributed by atoms with van der Waals surface area (Å²) in [6, 6.07) is 4.76. The average Bonchev–Trinajstić information content (AvgIpc) is 3.23. The molecule has 1 aromatic carbocycles. The lowest BCUT2D eigenvalue weighted by atomic mass is 9.91. The van der Waals surface area contributed by atoms with Crippen molar-refractivity contribution in [2.24, 2.45) is 0 Å². The van der Waals surface area contributed by atoms with Crippen molar-refractivity contribution in [1.29, 1.82) is 0 Å². The van der Waals surface area contributed by atoms with Crippen LogP contribution in [0.2, 0.25) is 0 Å². The van der Waals surface area contributed by atoms with Crippen LogP contribution < -0.4 is 14.8 Å². The molecule has 8 heteroatoms. The largest absolute Gasteiger partial charge is 0.454 e. The van der Waals surface area contributed by atoms with Crippen molar-refractivity contribution >= 4 is 11.9 Å². The Morgan fingerprint density at radius 3 is 2.72 bits per heavy atom. The van der Waals surface area contributed by atoms with Crippen molar-refractivity contribution in [3.63, 3.8) is 0 Å². The number of aryl methyl sites for hydroxylation is 2. The van der Waals surface area contributed by atoms with E-state index >= 15 is 0 Å². The summed E-state index contributed by atoms with van der Waals surface area (Å²) in [5.74, 6) is 1.44. The summed E-state index contributed by atoms with van der Waals surface area (Å²) in [7, 11) is 0. The number of imide groups is 1. The van der Waals surface area contributed by atoms with Crippen LogP contribution in [0, 0.1) is 13.8 Å². The van der Waals surface area contributed by atoms with E-state index in [1.54, 1.807) is 39.0 Å². The molecule has 3 heterocycles. The van der Waals surface area contributed by atoms with Gasteiger partial charge in [0.2, 0.25) is 6.79 Å². The third kappa shape index (κ3) is 2.25. The summed E-state index contributed by atoms with van der Waals surface area (Å²) in [5, 5.41) is 6.65. The number of urea groups is 1. The Morgan fingerprint density at radius 2 is 2.00 bits per heavy atom. The van der Waals surface area contributed by atoms with Crippen LogP contribution in [-0.2, 0) is 16.9 Å². The molecule has 1 fully saturated rings. The molecule has 0 bridgehead atoms. The number of ether oxygens (including phenoxy) is 2. The normalized spacial score (nSPS) is 21.8. The molecule has 130 valence electrons. The number of rotatable bonds is 3. The predicted octanol–water partition coefficient (Wildman–Crippen LogP) is 1.99. The molecule has 1 N–H and O–H groups in total. The number of carbonyl (C=O) groups excluding carboxylic acids is 2. The summed E-state index contributed by atoms with van der Waals surface area (Å²) in [6.45, 7) is 5.48. The molecule has 1 atom stereocenters. The van der Waals surface area contributed by atoms with Crippen molar-refractivity contribution in [1.82, 2.24) is 15.4 Å². The Morgan fingerprint density at radius 1 is 1.24 bits per heavy atom. The molecule has 2 aromatic rings. The number of benzene rings is 1. The summed E-state index contributed by atoms with van der Waals surface area (Å²) in [4.78, 5) is 26.6. The van der Waals surface area contributed by atoms with Gasteiger partial charge in [-0.05, 0) is 38.5 Å². The molecule has 0 saturated carbocycles. The topological polar surface area (TPSA) is 93.9 Å². The second kappa shape index (κ2) is 5.23. The molecule has 4 rings (SSSR count). The number of fused-ring (bicyclic) bond motifs is 1. The van der Waals surface area contributed by atoms with Crippen molar-refractivity contribution in [2.75, 3.05) is 6.79 Å². The first-order valence-electron chi connectivity index (χ1n) is 7.86. The van der Waals surface area contributed by atoms with Crippen LogP contribution in [0.3, 0.4) is 0 Å². The van der Waals surface area contributed by atoms with Gasteiger partial charge in [-0.3, -0.25) is 9.69 Å². The Labute approximate surface area is 143 Å². The highest BCUT2D eigenvalue weighted by Gasteiger charge is 2.49. The Bertz CT molecular complexity index is 871. The molecule has 25 heavy (non-hydrogen) atoms. The van der Waals surface area contributed by atoms with Crippen molar-refractivity contribution in [3.8, 4) is 11.5 Å². The molecule has 3 amide bonds. The van der Waals surface area contributed by atoms with Gasteiger partial charge in [0, 0.05) is 5.56 Å². The fraction of sp³-hybridized carbons (Fsp3) is 0.353. The molecule has 2 aliphatic rings. The lowest BCUT2D eigenvalue weighted by Crippen LogP contribution is -2.40. The predicted molar refractivity (Wildman–Crippen MR) is 85.0 cm³/mol. The van der Waals surface area contributed by atoms with E-state index in [9.17, 15) is 9.59 Å². The van der Waals surface area contributed by atoms with Crippen LogP contribution in [-0.4, -0.2) is 28.8 Å². The van der Waals surface area contributed by atoms with Gasteiger partial charge in [0.05, 0.1) is 12.2 Å². The Kier molecular flexibility index (Phi) is 3.24. The van der Waals surface area contributed by atoms with E-state index < -0.39 is 11.6 Å². The van der Waals surface area contributed by atoms with Crippen LogP contribution >= 0.6 is 0 Å². The maximum absolute atomic E-state index is 13.0. The highest BCUT2D eigenvalue weighted by molar-refractivity contribution is 6.07. The summed E-state index contributed by atoms with van der Waals surface area (Å²) >= 11 is 0. The zero-order chi connectivity index (χ0) is 17.8. The third-order valence-electron chi connectivity index (χ3n) is 4.72. The minimum absolute atomic E-state index is 0.117. The van der Waals surface area contributed by atoms with E-state index in [-0.39, 0.29) is 19.2 Å².